The molecule has 1 aliphatic rings. The highest BCUT2D eigenvalue weighted by molar-refractivity contribution is 5.69. The van der Waals surface area contributed by atoms with Gasteiger partial charge in [0.25, 0.3) is 12.9 Å². The normalized spacial score (nSPS) is 19.9. The van der Waals surface area contributed by atoms with E-state index in [-0.39, 0.29) is 20.0 Å². The van der Waals surface area contributed by atoms with Crippen molar-refractivity contribution in [1.29, 1.82) is 0 Å². The maximum Gasteiger partial charge on any atom is 0.317 e. The SMILES string of the molecule is CCN1CCN(COC=O)CCN(COC=O)CCN(CC(=O)O)CC1. The molecule has 0 aliphatic carbocycles. The monoisotopic (exact) mass is 374 g/mol. The van der Waals surface area contributed by atoms with Crippen molar-refractivity contribution in [3.8, 4) is 0 Å². The summed E-state index contributed by atoms with van der Waals surface area (Å²) >= 11 is 0. The van der Waals surface area contributed by atoms with E-state index in [4.69, 9.17) is 14.6 Å². The van der Waals surface area contributed by atoms with Gasteiger partial charge in [-0.15, -0.1) is 0 Å². The largest absolute Gasteiger partial charge is 0.480 e. The van der Waals surface area contributed by atoms with Crippen LogP contribution in [0.3, 0.4) is 0 Å². The van der Waals surface area contributed by atoms with Crippen molar-refractivity contribution in [3.05, 3.63) is 0 Å². The second kappa shape index (κ2) is 13.5. The molecule has 0 aromatic heterocycles. The number of aliphatic carboxylic acids is 1. The lowest BCUT2D eigenvalue weighted by atomic mass is 10.3. The molecule has 0 radical (unpaired) electrons. The van der Waals surface area contributed by atoms with Crippen molar-refractivity contribution < 1.29 is 29.0 Å². The van der Waals surface area contributed by atoms with Crippen LogP contribution in [0.5, 0.6) is 0 Å². The molecule has 0 amide bonds. The first-order valence-corrected chi connectivity index (χ1v) is 8.80. The zero-order chi connectivity index (χ0) is 19.2. The van der Waals surface area contributed by atoms with Crippen LogP contribution in [0.15, 0.2) is 0 Å². The molecule has 10 heteroatoms. The minimum Gasteiger partial charge on any atom is -0.480 e. The van der Waals surface area contributed by atoms with E-state index in [0.717, 1.165) is 26.2 Å². The molecule has 1 aliphatic heterocycles. The molecule has 0 spiro atoms. The molecule has 1 heterocycles. The number of hydrogen-bond acceptors (Lipinski definition) is 9. The number of carboxylic acids is 1. The number of hydrogen-bond donors (Lipinski definition) is 1. The highest BCUT2D eigenvalue weighted by atomic mass is 16.5. The fourth-order valence-electron chi connectivity index (χ4n) is 2.77. The Morgan fingerprint density at radius 1 is 0.808 bits per heavy atom. The number of ether oxygens (including phenoxy) is 2. The Balaban J connectivity index is 2.75. The predicted molar refractivity (Wildman–Crippen MR) is 93.4 cm³/mol. The average molecular weight is 374 g/mol. The van der Waals surface area contributed by atoms with E-state index >= 15 is 0 Å². The predicted octanol–water partition coefficient (Wildman–Crippen LogP) is -1.43. The molecule has 0 atom stereocenters. The number of carbonyl (C=O) groups excluding carboxylic acids is 2. The number of likely N-dealkylation sites (N-methyl/N-ethyl adjacent to an activating group) is 1. The van der Waals surface area contributed by atoms with Crippen LogP contribution in [0.4, 0.5) is 0 Å². The van der Waals surface area contributed by atoms with Crippen LogP contribution in [0.25, 0.3) is 0 Å². The van der Waals surface area contributed by atoms with E-state index in [0.29, 0.717) is 45.7 Å². The van der Waals surface area contributed by atoms with E-state index in [2.05, 4.69) is 11.8 Å². The van der Waals surface area contributed by atoms with Crippen molar-refractivity contribution in [2.45, 2.75) is 6.92 Å². The standard InChI is InChI=1S/C16H30N4O6/c1-2-17-3-5-18(11-16(23)24)6-8-20(13-26-15-22)10-9-19(7-4-17)12-25-14-21/h14-15H,2-13H2,1H3,(H,23,24). The van der Waals surface area contributed by atoms with Gasteiger partial charge in [-0.05, 0) is 6.54 Å². The maximum absolute atomic E-state index is 11.1. The van der Waals surface area contributed by atoms with Gasteiger partial charge in [0.1, 0.15) is 13.5 Å². The maximum atomic E-state index is 11.1. The summed E-state index contributed by atoms with van der Waals surface area (Å²) in [6.07, 6.45) is 0. The Morgan fingerprint density at radius 2 is 1.19 bits per heavy atom. The third kappa shape index (κ3) is 9.66. The summed E-state index contributed by atoms with van der Waals surface area (Å²) in [6, 6.07) is 0. The van der Waals surface area contributed by atoms with Crippen LogP contribution in [-0.4, -0.2) is 123 Å². The fraction of sp³-hybridized carbons (Fsp3) is 0.812. The zero-order valence-electron chi connectivity index (χ0n) is 15.4. The summed E-state index contributed by atoms with van der Waals surface area (Å²) in [5.41, 5.74) is 0. The zero-order valence-corrected chi connectivity index (χ0v) is 15.4. The van der Waals surface area contributed by atoms with Gasteiger partial charge in [-0.3, -0.25) is 29.1 Å². The number of nitrogens with zero attached hydrogens (tertiary/aromatic N) is 4. The van der Waals surface area contributed by atoms with E-state index in [1.807, 2.05) is 14.7 Å². The van der Waals surface area contributed by atoms with Crippen LogP contribution in [0.2, 0.25) is 0 Å². The summed E-state index contributed by atoms with van der Waals surface area (Å²) in [4.78, 5) is 40.2. The summed E-state index contributed by atoms with van der Waals surface area (Å²) in [5, 5.41) is 9.11. The third-order valence-electron chi connectivity index (χ3n) is 4.39. The third-order valence-corrected chi connectivity index (χ3v) is 4.39. The van der Waals surface area contributed by atoms with Gasteiger partial charge in [-0.25, -0.2) is 0 Å². The molecule has 1 saturated heterocycles. The molecule has 26 heavy (non-hydrogen) atoms. The molecule has 0 bridgehead atoms. The molecule has 0 unspecified atom stereocenters. The van der Waals surface area contributed by atoms with E-state index < -0.39 is 5.97 Å². The van der Waals surface area contributed by atoms with Crippen LogP contribution < -0.4 is 0 Å². The van der Waals surface area contributed by atoms with E-state index in [9.17, 15) is 14.4 Å². The molecule has 1 N–H and O–H groups in total. The molecule has 10 nitrogen and oxygen atoms in total. The Bertz CT molecular complexity index is 426. The Kier molecular flexibility index (Phi) is 11.5. The van der Waals surface area contributed by atoms with Gasteiger partial charge in [-0.1, -0.05) is 6.92 Å². The lowest BCUT2D eigenvalue weighted by Gasteiger charge is -2.32. The molecule has 0 aromatic carbocycles. The lowest BCUT2D eigenvalue weighted by Crippen LogP contribution is -2.47. The first-order chi connectivity index (χ1) is 12.6. The van der Waals surface area contributed by atoms with Crippen molar-refractivity contribution in [2.75, 3.05) is 78.9 Å². The van der Waals surface area contributed by atoms with Gasteiger partial charge in [0.15, 0.2) is 0 Å². The molecule has 0 saturated carbocycles. The highest BCUT2D eigenvalue weighted by Gasteiger charge is 2.17. The van der Waals surface area contributed by atoms with Crippen LogP contribution in [0, 0.1) is 0 Å². The van der Waals surface area contributed by atoms with Crippen LogP contribution in [-0.2, 0) is 23.9 Å². The summed E-state index contributed by atoms with van der Waals surface area (Å²) in [5.74, 6) is -0.854. The van der Waals surface area contributed by atoms with Crippen LogP contribution in [0.1, 0.15) is 6.92 Å². The molecule has 150 valence electrons. The van der Waals surface area contributed by atoms with Crippen molar-refractivity contribution in [3.63, 3.8) is 0 Å². The quantitative estimate of drug-likeness (QED) is 0.483. The Hall–Kier alpha value is -1.75. The van der Waals surface area contributed by atoms with Gasteiger partial charge in [0.05, 0.1) is 6.54 Å². The van der Waals surface area contributed by atoms with Crippen molar-refractivity contribution >= 4 is 18.9 Å². The first kappa shape index (κ1) is 22.3. The van der Waals surface area contributed by atoms with E-state index in [1.165, 1.54) is 0 Å². The van der Waals surface area contributed by atoms with Gasteiger partial charge < -0.3 is 19.5 Å². The molecule has 1 fully saturated rings. The minimum atomic E-state index is -0.854. The number of carbonyl (C=O) groups is 3. The summed E-state index contributed by atoms with van der Waals surface area (Å²) in [6.45, 7) is 9.45. The molecule has 1 rings (SSSR count). The molecule has 0 aromatic rings. The summed E-state index contributed by atoms with van der Waals surface area (Å²) in [7, 11) is 0. The second-order valence-corrected chi connectivity index (χ2v) is 6.12. The smallest absolute Gasteiger partial charge is 0.317 e. The first-order valence-electron chi connectivity index (χ1n) is 8.80. The summed E-state index contributed by atoms with van der Waals surface area (Å²) < 4.78 is 9.75. The van der Waals surface area contributed by atoms with Crippen molar-refractivity contribution in [1.82, 2.24) is 19.6 Å². The van der Waals surface area contributed by atoms with Gasteiger partial charge in [0, 0.05) is 52.4 Å². The molecular weight excluding hydrogens is 344 g/mol. The average Bonchev–Trinajstić information content (AvgIpc) is 2.62. The highest BCUT2D eigenvalue weighted by Crippen LogP contribution is 2.01. The Labute approximate surface area is 154 Å². The Morgan fingerprint density at radius 3 is 1.54 bits per heavy atom. The number of carboxylic acid groups (broad SMARTS) is 1. The fourth-order valence-corrected chi connectivity index (χ4v) is 2.77. The van der Waals surface area contributed by atoms with Gasteiger partial charge in [0.2, 0.25) is 0 Å². The van der Waals surface area contributed by atoms with Crippen LogP contribution >= 0.6 is 0 Å². The topological polar surface area (TPSA) is 103 Å². The second-order valence-electron chi connectivity index (χ2n) is 6.12. The lowest BCUT2D eigenvalue weighted by molar-refractivity contribution is -0.138. The number of rotatable bonds is 9. The van der Waals surface area contributed by atoms with E-state index in [1.54, 1.807) is 0 Å². The minimum absolute atomic E-state index is 0.0147. The van der Waals surface area contributed by atoms with Crippen molar-refractivity contribution in [2.24, 2.45) is 0 Å². The van der Waals surface area contributed by atoms with Gasteiger partial charge in [-0.2, -0.15) is 0 Å². The molecular formula is C16H30N4O6. The van der Waals surface area contributed by atoms with Gasteiger partial charge >= 0.3 is 5.97 Å².